The van der Waals surface area contributed by atoms with Crippen LogP contribution in [-0.2, 0) is 6.18 Å². The number of hydrogen-bond acceptors (Lipinski definition) is 3. The zero-order chi connectivity index (χ0) is 17.3. The van der Waals surface area contributed by atoms with Crippen molar-refractivity contribution < 1.29 is 18.0 Å². The van der Waals surface area contributed by atoms with E-state index in [2.05, 4.69) is 15.6 Å². The third kappa shape index (κ3) is 3.97. The summed E-state index contributed by atoms with van der Waals surface area (Å²) in [6.07, 6.45) is 0.503. The number of anilines is 2. The fourth-order valence-corrected chi connectivity index (χ4v) is 2.35. The number of halogens is 4. The minimum atomic E-state index is -4.59. The summed E-state index contributed by atoms with van der Waals surface area (Å²) >= 11 is 5.56. The molecule has 0 aliphatic heterocycles. The molecule has 1 heterocycles. The molecule has 0 atom stereocenters. The van der Waals surface area contributed by atoms with Gasteiger partial charge in [0.25, 0.3) is 5.91 Å². The summed E-state index contributed by atoms with van der Waals surface area (Å²) in [5, 5.41) is 5.21. The van der Waals surface area contributed by atoms with Crippen molar-refractivity contribution in [3.8, 4) is 0 Å². The molecule has 1 fully saturated rings. The van der Waals surface area contributed by atoms with E-state index in [-0.39, 0.29) is 11.3 Å². The van der Waals surface area contributed by atoms with Crippen molar-refractivity contribution in [2.45, 2.75) is 25.1 Å². The van der Waals surface area contributed by atoms with Gasteiger partial charge in [-0.05, 0) is 37.1 Å². The molecule has 1 saturated carbocycles. The van der Waals surface area contributed by atoms with Crippen LogP contribution < -0.4 is 10.6 Å². The van der Waals surface area contributed by atoms with Gasteiger partial charge in [-0.25, -0.2) is 0 Å². The van der Waals surface area contributed by atoms with Crippen molar-refractivity contribution in [1.29, 1.82) is 0 Å². The predicted octanol–water partition coefficient (Wildman–Crippen LogP) is 4.58. The van der Waals surface area contributed by atoms with E-state index in [1.807, 2.05) is 0 Å². The number of aromatic nitrogens is 1. The van der Waals surface area contributed by atoms with Crippen molar-refractivity contribution in [1.82, 2.24) is 4.98 Å². The Labute approximate surface area is 141 Å². The second-order valence-electron chi connectivity index (χ2n) is 5.53. The summed E-state index contributed by atoms with van der Waals surface area (Å²) in [5.41, 5.74) is -0.0251. The normalized spacial score (nSPS) is 14.3. The van der Waals surface area contributed by atoms with E-state index in [4.69, 9.17) is 11.6 Å². The molecule has 0 saturated heterocycles. The highest BCUT2D eigenvalue weighted by Gasteiger charge is 2.33. The van der Waals surface area contributed by atoms with Gasteiger partial charge < -0.3 is 10.6 Å². The van der Waals surface area contributed by atoms with Gasteiger partial charge in [-0.3, -0.25) is 9.78 Å². The van der Waals surface area contributed by atoms with E-state index in [0.29, 0.717) is 11.7 Å². The molecule has 1 aliphatic carbocycles. The third-order valence-corrected chi connectivity index (χ3v) is 3.81. The van der Waals surface area contributed by atoms with Crippen LogP contribution in [0.1, 0.15) is 28.8 Å². The highest BCUT2D eigenvalue weighted by molar-refractivity contribution is 6.31. The number of nitrogens with zero attached hydrogens (tertiary/aromatic N) is 1. The molecule has 0 spiro atoms. The standard InChI is InChI=1S/C16H13ClF3N3O/c17-14-4-3-11(6-13(14)16(18,19)20)23-15(24)9-5-12(8-21-7-9)22-10-1-2-10/h3-8,10,22H,1-2H2,(H,23,24). The largest absolute Gasteiger partial charge is 0.417 e. The first-order chi connectivity index (χ1) is 11.3. The van der Waals surface area contributed by atoms with E-state index in [1.54, 1.807) is 12.3 Å². The zero-order valence-electron chi connectivity index (χ0n) is 12.3. The number of rotatable bonds is 4. The lowest BCUT2D eigenvalue weighted by atomic mass is 10.1. The number of nitrogens with one attached hydrogen (secondary N) is 2. The Hall–Kier alpha value is -2.28. The van der Waals surface area contributed by atoms with E-state index in [9.17, 15) is 18.0 Å². The summed E-state index contributed by atoms with van der Waals surface area (Å²) in [6.45, 7) is 0. The lowest BCUT2D eigenvalue weighted by Gasteiger charge is -2.12. The number of carbonyl (C=O) groups is 1. The molecule has 8 heteroatoms. The van der Waals surface area contributed by atoms with Crippen molar-refractivity contribution in [2.75, 3.05) is 10.6 Å². The summed E-state index contributed by atoms with van der Waals surface area (Å²) in [7, 11) is 0. The van der Waals surface area contributed by atoms with Gasteiger partial charge in [-0.1, -0.05) is 11.6 Å². The van der Waals surface area contributed by atoms with Gasteiger partial charge in [0.2, 0.25) is 0 Å². The Morgan fingerprint density at radius 1 is 1.17 bits per heavy atom. The van der Waals surface area contributed by atoms with Gasteiger partial charge in [0.15, 0.2) is 0 Å². The molecule has 126 valence electrons. The number of benzene rings is 1. The van der Waals surface area contributed by atoms with Gasteiger partial charge in [-0.2, -0.15) is 13.2 Å². The Balaban J connectivity index is 1.77. The first kappa shape index (κ1) is 16.6. The number of carbonyl (C=O) groups excluding carboxylic acids is 1. The molecule has 4 nitrogen and oxygen atoms in total. The molecule has 1 amide bonds. The SMILES string of the molecule is O=C(Nc1ccc(Cl)c(C(F)(F)F)c1)c1cncc(NC2CC2)c1. The summed E-state index contributed by atoms with van der Waals surface area (Å²) in [4.78, 5) is 16.2. The molecule has 0 bridgehead atoms. The van der Waals surface area contributed by atoms with Gasteiger partial charge in [0.05, 0.1) is 21.8 Å². The van der Waals surface area contributed by atoms with Crippen molar-refractivity contribution in [3.63, 3.8) is 0 Å². The van der Waals surface area contributed by atoms with Crippen molar-refractivity contribution >= 4 is 28.9 Å². The number of hydrogen-bond donors (Lipinski definition) is 2. The summed E-state index contributed by atoms with van der Waals surface area (Å²) < 4.78 is 38.6. The van der Waals surface area contributed by atoms with Crippen LogP contribution in [0.4, 0.5) is 24.5 Å². The van der Waals surface area contributed by atoms with Crippen LogP contribution in [0, 0.1) is 0 Å². The maximum Gasteiger partial charge on any atom is 0.417 e. The van der Waals surface area contributed by atoms with Gasteiger partial charge in [0, 0.05) is 24.1 Å². The van der Waals surface area contributed by atoms with Crippen LogP contribution >= 0.6 is 11.6 Å². The zero-order valence-corrected chi connectivity index (χ0v) is 13.1. The van der Waals surface area contributed by atoms with Gasteiger partial charge in [-0.15, -0.1) is 0 Å². The topological polar surface area (TPSA) is 54.0 Å². The van der Waals surface area contributed by atoms with Crippen LogP contribution in [-0.4, -0.2) is 16.9 Å². The van der Waals surface area contributed by atoms with E-state index >= 15 is 0 Å². The van der Waals surface area contributed by atoms with Gasteiger partial charge >= 0.3 is 6.18 Å². The molecule has 2 N–H and O–H groups in total. The molecule has 3 rings (SSSR count). The number of amides is 1. The Bertz CT molecular complexity index is 775. The number of pyridine rings is 1. The van der Waals surface area contributed by atoms with E-state index < -0.39 is 22.7 Å². The summed E-state index contributed by atoms with van der Waals surface area (Å²) in [6, 6.07) is 5.23. The molecule has 24 heavy (non-hydrogen) atoms. The minimum absolute atomic E-state index is 0.0114. The first-order valence-corrected chi connectivity index (χ1v) is 7.60. The fraction of sp³-hybridized carbons (Fsp3) is 0.250. The lowest BCUT2D eigenvalue weighted by molar-refractivity contribution is -0.137. The lowest BCUT2D eigenvalue weighted by Crippen LogP contribution is -2.14. The molecule has 2 aromatic rings. The molecule has 1 aromatic heterocycles. The second kappa shape index (κ2) is 6.32. The molecule has 0 unspecified atom stereocenters. The fourth-order valence-electron chi connectivity index (χ4n) is 2.13. The third-order valence-electron chi connectivity index (χ3n) is 3.48. The van der Waals surface area contributed by atoms with Crippen LogP contribution in [0.5, 0.6) is 0 Å². The van der Waals surface area contributed by atoms with E-state index in [1.165, 1.54) is 12.3 Å². The highest BCUT2D eigenvalue weighted by Crippen LogP contribution is 2.36. The maximum absolute atomic E-state index is 12.9. The molecule has 1 aliphatic rings. The average Bonchev–Trinajstić information content (AvgIpc) is 3.32. The van der Waals surface area contributed by atoms with Crippen molar-refractivity contribution in [3.05, 3.63) is 52.8 Å². The van der Waals surface area contributed by atoms with E-state index in [0.717, 1.165) is 25.0 Å². The molecule has 0 radical (unpaired) electrons. The molecule has 1 aromatic carbocycles. The molecular weight excluding hydrogens is 343 g/mol. The van der Waals surface area contributed by atoms with Gasteiger partial charge in [0.1, 0.15) is 0 Å². The Morgan fingerprint density at radius 3 is 2.58 bits per heavy atom. The Morgan fingerprint density at radius 2 is 1.92 bits per heavy atom. The minimum Gasteiger partial charge on any atom is -0.381 e. The highest BCUT2D eigenvalue weighted by atomic mass is 35.5. The maximum atomic E-state index is 12.9. The second-order valence-corrected chi connectivity index (χ2v) is 5.93. The van der Waals surface area contributed by atoms with Crippen LogP contribution in [0.25, 0.3) is 0 Å². The summed E-state index contributed by atoms with van der Waals surface area (Å²) in [5.74, 6) is -0.544. The average molecular weight is 356 g/mol. The quantitative estimate of drug-likeness (QED) is 0.844. The number of alkyl halides is 3. The van der Waals surface area contributed by atoms with Crippen LogP contribution in [0.3, 0.4) is 0 Å². The Kier molecular flexibility index (Phi) is 4.36. The monoisotopic (exact) mass is 355 g/mol. The van der Waals surface area contributed by atoms with Crippen molar-refractivity contribution in [2.24, 2.45) is 0 Å². The smallest absolute Gasteiger partial charge is 0.381 e. The molecular formula is C16H13ClF3N3O. The first-order valence-electron chi connectivity index (χ1n) is 7.22. The van der Waals surface area contributed by atoms with Crippen LogP contribution in [0.2, 0.25) is 5.02 Å². The van der Waals surface area contributed by atoms with Crippen LogP contribution in [0.15, 0.2) is 36.7 Å². The predicted molar refractivity (Wildman–Crippen MR) is 85.3 cm³/mol.